The monoisotopic (exact) mass is 255 g/mol. The smallest absolute Gasteiger partial charge is 0.347 e. The molecule has 0 aromatic carbocycles. The van der Waals surface area contributed by atoms with Crippen LogP contribution in [0.5, 0.6) is 0 Å². The van der Waals surface area contributed by atoms with E-state index < -0.39 is 5.97 Å². The first kappa shape index (κ1) is 12.5. The van der Waals surface area contributed by atoms with Crippen LogP contribution in [0.2, 0.25) is 0 Å². The van der Waals surface area contributed by atoms with Crippen LogP contribution < -0.4 is 0 Å². The molecule has 0 bridgehead atoms. The third kappa shape index (κ3) is 2.50. The van der Waals surface area contributed by atoms with Crippen molar-refractivity contribution in [2.45, 2.75) is 38.7 Å². The molecule has 0 aliphatic heterocycles. The molecule has 1 fully saturated rings. The maximum atomic E-state index is 11.2. The highest BCUT2D eigenvalue weighted by molar-refractivity contribution is 7.13. The lowest BCUT2D eigenvalue weighted by atomic mass is 10.1. The fourth-order valence-electron chi connectivity index (χ4n) is 1.92. The number of ether oxygens (including phenoxy) is 1. The first-order chi connectivity index (χ1) is 8.04. The molecule has 0 radical (unpaired) electrons. The number of hydrogen-bond donors (Lipinski definition) is 1. The van der Waals surface area contributed by atoms with E-state index in [1.165, 1.54) is 11.3 Å². The molecule has 2 rings (SSSR count). The highest BCUT2D eigenvalue weighted by Gasteiger charge is 2.33. The van der Waals surface area contributed by atoms with Gasteiger partial charge in [0.25, 0.3) is 0 Å². The minimum absolute atomic E-state index is 0.106. The number of hydrogen-bond acceptors (Lipinski definition) is 4. The minimum atomic E-state index is -0.866. The van der Waals surface area contributed by atoms with Gasteiger partial charge in [-0.2, -0.15) is 0 Å². The van der Waals surface area contributed by atoms with Gasteiger partial charge in [-0.1, -0.05) is 13.8 Å². The lowest BCUT2D eigenvalue weighted by Gasteiger charge is -2.15. The van der Waals surface area contributed by atoms with Crippen molar-refractivity contribution in [3.63, 3.8) is 0 Å². The van der Waals surface area contributed by atoms with Crippen molar-refractivity contribution >= 4 is 17.3 Å². The fourth-order valence-corrected chi connectivity index (χ4v) is 3.16. The zero-order valence-corrected chi connectivity index (χ0v) is 11.1. The molecule has 0 saturated heterocycles. The van der Waals surface area contributed by atoms with E-state index in [0.717, 1.165) is 23.5 Å². The van der Waals surface area contributed by atoms with Crippen LogP contribution in [0.4, 0.5) is 0 Å². The van der Waals surface area contributed by atoms with Gasteiger partial charge in [0.15, 0.2) is 0 Å². The Bertz CT molecular complexity index is 423. The standard InChI is InChI=1S/C12H17NO3S/c1-6(2)9(16-3)11-13-8(7-4-5-7)10(17-11)12(14)15/h6-7,9H,4-5H2,1-3H3,(H,14,15). The molecule has 1 atom stereocenters. The lowest BCUT2D eigenvalue weighted by molar-refractivity contribution is 0.0643. The number of carbonyl (C=O) groups is 1. The van der Waals surface area contributed by atoms with Crippen LogP contribution in [0, 0.1) is 5.92 Å². The largest absolute Gasteiger partial charge is 0.477 e. The van der Waals surface area contributed by atoms with Gasteiger partial charge < -0.3 is 9.84 Å². The molecule has 5 heteroatoms. The van der Waals surface area contributed by atoms with Crippen molar-refractivity contribution in [3.05, 3.63) is 15.6 Å². The molecule has 1 aromatic heterocycles. The molecule has 1 saturated carbocycles. The van der Waals surface area contributed by atoms with Gasteiger partial charge in [0.2, 0.25) is 0 Å². The van der Waals surface area contributed by atoms with Gasteiger partial charge in [0.1, 0.15) is 16.0 Å². The molecule has 0 spiro atoms. The number of rotatable bonds is 5. The Kier molecular flexibility index (Phi) is 3.49. The summed E-state index contributed by atoms with van der Waals surface area (Å²) in [4.78, 5) is 16.1. The molecule has 1 aliphatic carbocycles. The average molecular weight is 255 g/mol. The molecule has 4 nitrogen and oxygen atoms in total. The maximum absolute atomic E-state index is 11.2. The summed E-state index contributed by atoms with van der Waals surface area (Å²) in [5.41, 5.74) is 0.764. The van der Waals surface area contributed by atoms with E-state index in [1.54, 1.807) is 7.11 Å². The zero-order chi connectivity index (χ0) is 12.6. The van der Waals surface area contributed by atoms with E-state index in [2.05, 4.69) is 4.98 Å². The number of carboxylic acids is 1. The summed E-state index contributed by atoms with van der Waals surface area (Å²) in [5, 5.41) is 9.97. The summed E-state index contributed by atoms with van der Waals surface area (Å²) < 4.78 is 5.40. The summed E-state index contributed by atoms with van der Waals surface area (Å²) in [6, 6.07) is 0. The van der Waals surface area contributed by atoms with E-state index in [9.17, 15) is 9.90 Å². The van der Waals surface area contributed by atoms with Gasteiger partial charge in [0, 0.05) is 13.0 Å². The van der Waals surface area contributed by atoms with Crippen LogP contribution in [-0.4, -0.2) is 23.2 Å². The summed E-state index contributed by atoms with van der Waals surface area (Å²) in [5.74, 6) is -0.218. The Labute approximate surface area is 105 Å². The number of carboxylic acid groups (broad SMARTS) is 1. The Morgan fingerprint density at radius 1 is 1.53 bits per heavy atom. The third-order valence-corrected chi connectivity index (χ3v) is 4.05. The molecule has 94 valence electrons. The second-order valence-corrected chi connectivity index (χ2v) is 5.78. The van der Waals surface area contributed by atoms with Crippen LogP contribution >= 0.6 is 11.3 Å². The number of aromatic nitrogens is 1. The first-order valence-electron chi connectivity index (χ1n) is 5.81. The van der Waals surface area contributed by atoms with Crippen molar-refractivity contribution < 1.29 is 14.6 Å². The fraction of sp³-hybridized carbons (Fsp3) is 0.667. The Morgan fingerprint density at radius 3 is 2.59 bits per heavy atom. The molecule has 1 aliphatic rings. The van der Waals surface area contributed by atoms with Crippen LogP contribution in [0.25, 0.3) is 0 Å². The van der Waals surface area contributed by atoms with Gasteiger partial charge >= 0.3 is 5.97 Å². The topological polar surface area (TPSA) is 59.4 Å². The molecule has 17 heavy (non-hydrogen) atoms. The van der Waals surface area contributed by atoms with Gasteiger partial charge in [-0.05, 0) is 18.8 Å². The molecule has 0 amide bonds. The van der Waals surface area contributed by atoms with Gasteiger partial charge in [-0.25, -0.2) is 9.78 Å². The molecular formula is C12H17NO3S. The molecule has 1 unspecified atom stereocenters. The summed E-state index contributed by atoms with van der Waals surface area (Å²) in [6.45, 7) is 4.10. The number of nitrogens with zero attached hydrogens (tertiary/aromatic N) is 1. The van der Waals surface area contributed by atoms with Crippen molar-refractivity contribution in [1.82, 2.24) is 4.98 Å². The van der Waals surface area contributed by atoms with Gasteiger partial charge in [-0.3, -0.25) is 0 Å². The SMILES string of the molecule is COC(c1nc(C2CC2)c(C(=O)O)s1)C(C)C. The number of methoxy groups -OCH3 is 1. The van der Waals surface area contributed by atoms with Crippen molar-refractivity contribution in [2.75, 3.05) is 7.11 Å². The first-order valence-corrected chi connectivity index (χ1v) is 6.63. The number of aromatic carboxylic acids is 1. The van der Waals surface area contributed by atoms with Gasteiger partial charge in [-0.15, -0.1) is 11.3 Å². The van der Waals surface area contributed by atoms with Crippen LogP contribution in [0.3, 0.4) is 0 Å². The second-order valence-electron chi connectivity index (χ2n) is 4.75. The maximum Gasteiger partial charge on any atom is 0.347 e. The van der Waals surface area contributed by atoms with Crippen molar-refractivity contribution in [1.29, 1.82) is 0 Å². The normalized spacial score (nSPS) is 17.4. The summed E-state index contributed by atoms with van der Waals surface area (Å²) >= 11 is 1.26. The predicted octanol–water partition coefficient (Wildman–Crippen LogP) is 3.06. The molecule has 1 N–H and O–H groups in total. The molecule has 1 aromatic rings. The van der Waals surface area contributed by atoms with Crippen LogP contribution in [0.1, 0.15) is 59.1 Å². The van der Waals surface area contributed by atoms with Crippen molar-refractivity contribution in [2.24, 2.45) is 5.92 Å². The number of thiazole rings is 1. The van der Waals surface area contributed by atoms with Crippen molar-refractivity contribution in [3.8, 4) is 0 Å². The second kappa shape index (κ2) is 4.74. The quantitative estimate of drug-likeness (QED) is 0.878. The van der Waals surface area contributed by atoms with E-state index >= 15 is 0 Å². The van der Waals surface area contributed by atoms with E-state index in [4.69, 9.17) is 4.74 Å². The summed E-state index contributed by atoms with van der Waals surface area (Å²) in [7, 11) is 1.64. The Balaban J connectivity index is 2.35. The van der Waals surface area contributed by atoms with Crippen LogP contribution in [-0.2, 0) is 4.74 Å². The minimum Gasteiger partial charge on any atom is -0.477 e. The van der Waals surface area contributed by atoms with E-state index in [0.29, 0.717) is 16.7 Å². The average Bonchev–Trinajstić information content (AvgIpc) is 3.00. The lowest BCUT2D eigenvalue weighted by Crippen LogP contribution is -2.08. The highest BCUT2D eigenvalue weighted by Crippen LogP contribution is 2.44. The molecule has 1 heterocycles. The predicted molar refractivity (Wildman–Crippen MR) is 65.6 cm³/mol. The Hall–Kier alpha value is -0.940. The van der Waals surface area contributed by atoms with E-state index in [1.807, 2.05) is 13.8 Å². The third-order valence-electron chi connectivity index (χ3n) is 2.93. The van der Waals surface area contributed by atoms with Gasteiger partial charge in [0.05, 0.1) is 5.69 Å². The Morgan fingerprint density at radius 2 is 2.18 bits per heavy atom. The van der Waals surface area contributed by atoms with E-state index in [-0.39, 0.29) is 6.10 Å². The zero-order valence-electron chi connectivity index (χ0n) is 10.3. The highest BCUT2D eigenvalue weighted by atomic mass is 32.1. The summed E-state index contributed by atoms with van der Waals surface area (Å²) in [6.07, 6.45) is 2.01. The van der Waals surface area contributed by atoms with Crippen LogP contribution in [0.15, 0.2) is 0 Å². The molecular weight excluding hydrogens is 238 g/mol.